The molecule has 3 heterocycles. The fourth-order valence-corrected chi connectivity index (χ4v) is 3.21. The highest BCUT2D eigenvalue weighted by Gasteiger charge is 2.20. The van der Waals surface area contributed by atoms with Crippen molar-refractivity contribution < 1.29 is 9.90 Å². The number of unbranched alkanes of at least 4 members (excludes halogenated alkanes) is 1. The van der Waals surface area contributed by atoms with E-state index >= 15 is 0 Å². The first-order valence-corrected chi connectivity index (χ1v) is 8.60. The van der Waals surface area contributed by atoms with E-state index in [9.17, 15) is 9.90 Å². The minimum atomic E-state index is -0.816. The molecule has 3 aromatic rings. The number of hydrogen-bond acceptors (Lipinski definition) is 6. The van der Waals surface area contributed by atoms with E-state index < -0.39 is 11.2 Å². The first kappa shape index (κ1) is 16.4. The van der Waals surface area contributed by atoms with E-state index in [2.05, 4.69) is 20.3 Å². The third-order valence-electron chi connectivity index (χ3n) is 3.49. The molecule has 0 aromatic carbocycles. The molecule has 0 spiro atoms. The number of carbonyl (C=O) groups is 1. The van der Waals surface area contributed by atoms with E-state index in [1.54, 1.807) is 22.8 Å². The number of carboxylic acid groups (broad SMARTS) is 1. The molecule has 124 valence electrons. The number of aliphatic carboxylic acids is 1. The Kier molecular flexibility index (Phi) is 5.05. The molecule has 7 nitrogen and oxygen atoms in total. The number of aromatic nitrogens is 5. The van der Waals surface area contributed by atoms with Crippen LogP contribution in [0, 0.1) is 0 Å². The van der Waals surface area contributed by atoms with Gasteiger partial charge in [0.2, 0.25) is 5.82 Å². The normalized spacial score (nSPS) is 12.4. The standard InChI is InChI=1S/C16H17N5O2S/c1-2-3-7-12(16(22)23)24-14-9-8-13-18-19-15(21(13)20-14)11-6-4-5-10-17-11/h4-6,8-10,12H,2-3,7H2,1H3,(H,22,23). The first-order valence-electron chi connectivity index (χ1n) is 7.72. The minimum absolute atomic E-state index is 0.510. The van der Waals surface area contributed by atoms with Crippen LogP contribution in [0.15, 0.2) is 41.6 Å². The molecule has 1 atom stereocenters. The maximum atomic E-state index is 11.4. The van der Waals surface area contributed by atoms with E-state index in [1.807, 2.05) is 25.1 Å². The highest BCUT2D eigenvalue weighted by Crippen LogP contribution is 2.26. The summed E-state index contributed by atoms with van der Waals surface area (Å²) in [5.74, 6) is -0.280. The van der Waals surface area contributed by atoms with Gasteiger partial charge < -0.3 is 5.11 Å². The van der Waals surface area contributed by atoms with Gasteiger partial charge in [-0.25, -0.2) is 0 Å². The largest absolute Gasteiger partial charge is 0.480 e. The fraction of sp³-hybridized carbons (Fsp3) is 0.312. The van der Waals surface area contributed by atoms with Crippen LogP contribution in [0.25, 0.3) is 17.2 Å². The molecule has 0 amide bonds. The summed E-state index contributed by atoms with van der Waals surface area (Å²) in [6, 6.07) is 9.09. The summed E-state index contributed by atoms with van der Waals surface area (Å²) in [5, 5.41) is 22.2. The van der Waals surface area contributed by atoms with Gasteiger partial charge in [0.1, 0.15) is 16.0 Å². The molecule has 0 aliphatic carbocycles. The van der Waals surface area contributed by atoms with Gasteiger partial charge in [0.05, 0.1) is 0 Å². The molecule has 0 saturated heterocycles. The van der Waals surface area contributed by atoms with Crippen molar-refractivity contribution in [1.82, 2.24) is 24.8 Å². The molecular formula is C16H17N5O2S. The average molecular weight is 343 g/mol. The third-order valence-corrected chi connectivity index (χ3v) is 4.67. The molecule has 1 unspecified atom stereocenters. The predicted octanol–water partition coefficient (Wildman–Crippen LogP) is 2.92. The van der Waals surface area contributed by atoms with Crippen molar-refractivity contribution in [3.05, 3.63) is 36.5 Å². The molecule has 0 fully saturated rings. The van der Waals surface area contributed by atoms with E-state index in [4.69, 9.17) is 0 Å². The Labute approximate surface area is 143 Å². The van der Waals surface area contributed by atoms with Gasteiger partial charge in [-0.2, -0.15) is 9.61 Å². The Morgan fingerprint density at radius 2 is 2.17 bits per heavy atom. The molecule has 8 heteroatoms. The Bertz CT molecular complexity index is 837. The predicted molar refractivity (Wildman–Crippen MR) is 90.8 cm³/mol. The zero-order valence-corrected chi connectivity index (χ0v) is 14.0. The van der Waals surface area contributed by atoms with Gasteiger partial charge in [-0.15, -0.1) is 10.2 Å². The molecular weight excluding hydrogens is 326 g/mol. The van der Waals surface area contributed by atoms with Crippen LogP contribution >= 0.6 is 11.8 Å². The number of rotatable bonds is 7. The molecule has 0 saturated carbocycles. The van der Waals surface area contributed by atoms with Crippen molar-refractivity contribution in [1.29, 1.82) is 0 Å². The Morgan fingerprint density at radius 3 is 2.88 bits per heavy atom. The number of fused-ring (bicyclic) bond motifs is 1. The van der Waals surface area contributed by atoms with Crippen LogP contribution in [0.4, 0.5) is 0 Å². The smallest absolute Gasteiger partial charge is 0.317 e. The number of carboxylic acids is 1. The van der Waals surface area contributed by atoms with Crippen LogP contribution in [-0.4, -0.2) is 41.1 Å². The zero-order valence-electron chi connectivity index (χ0n) is 13.2. The summed E-state index contributed by atoms with van der Waals surface area (Å²) in [7, 11) is 0. The molecule has 0 bridgehead atoms. The lowest BCUT2D eigenvalue weighted by atomic mass is 10.2. The second-order valence-corrected chi connectivity index (χ2v) is 6.49. The molecule has 0 aliphatic heterocycles. The lowest BCUT2D eigenvalue weighted by Crippen LogP contribution is -2.16. The van der Waals surface area contributed by atoms with Gasteiger partial charge in [0.25, 0.3) is 0 Å². The maximum absolute atomic E-state index is 11.4. The minimum Gasteiger partial charge on any atom is -0.480 e. The van der Waals surface area contributed by atoms with Gasteiger partial charge in [-0.05, 0) is 30.7 Å². The number of pyridine rings is 1. The van der Waals surface area contributed by atoms with Gasteiger partial charge in [0, 0.05) is 6.20 Å². The lowest BCUT2D eigenvalue weighted by Gasteiger charge is -2.10. The van der Waals surface area contributed by atoms with Crippen molar-refractivity contribution in [2.24, 2.45) is 0 Å². The van der Waals surface area contributed by atoms with Crippen LogP contribution in [0.3, 0.4) is 0 Å². The highest BCUT2D eigenvalue weighted by molar-refractivity contribution is 8.00. The van der Waals surface area contributed by atoms with Crippen LogP contribution in [0.1, 0.15) is 26.2 Å². The quantitative estimate of drug-likeness (QED) is 0.659. The average Bonchev–Trinajstić information content (AvgIpc) is 3.02. The van der Waals surface area contributed by atoms with Gasteiger partial charge >= 0.3 is 5.97 Å². The summed E-state index contributed by atoms with van der Waals surface area (Å²) < 4.78 is 1.60. The van der Waals surface area contributed by atoms with E-state index in [0.717, 1.165) is 12.8 Å². The SMILES string of the molecule is CCCCC(Sc1ccc2nnc(-c3ccccn3)n2n1)C(=O)O. The number of nitrogens with zero attached hydrogens (tertiary/aromatic N) is 5. The van der Waals surface area contributed by atoms with E-state index in [-0.39, 0.29) is 0 Å². The van der Waals surface area contributed by atoms with Gasteiger partial charge in [0.15, 0.2) is 5.65 Å². The Morgan fingerprint density at radius 1 is 1.29 bits per heavy atom. The topological polar surface area (TPSA) is 93.3 Å². The Balaban J connectivity index is 1.91. The number of thioether (sulfide) groups is 1. The van der Waals surface area contributed by atoms with Gasteiger partial charge in [-0.1, -0.05) is 37.6 Å². The monoisotopic (exact) mass is 343 g/mol. The summed E-state index contributed by atoms with van der Waals surface area (Å²) >= 11 is 1.25. The molecule has 3 aromatic heterocycles. The molecule has 1 N–H and O–H groups in total. The molecule has 0 radical (unpaired) electrons. The summed E-state index contributed by atoms with van der Waals surface area (Å²) in [4.78, 5) is 15.7. The summed E-state index contributed by atoms with van der Waals surface area (Å²) in [5.41, 5.74) is 1.26. The highest BCUT2D eigenvalue weighted by atomic mass is 32.2. The van der Waals surface area contributed by atoms with Crippen LogP contribution in [-0.2, 0) is 4.79 Å². The van der Waals surface area contributed by atoms with Crippen LogP contribution in [0.5, 0.6) is 0 Å². The zero-order chi connectivity index (χ0) is 16.9. The van der Waals surface area contributed by atoms with Crippen LogP contribution in [0.2, 0.25) is 0 Å². The number of hydrogen-bond donors (Lipinski definition) is 1. The van der Waals surface area contributed by atoms with Crippen molar-refractivity contribution in [2.75, 3.05) is 0 Å². The van der Waals surface area contributed by atoms with Crippen LogP contribution < -0.4 is 0 Å². The van der Waals surface area contributed by atoms with Gasteiger partial charge in [-0.3, -0.25) is 9.78 Å². The lowest BCUT2D eigenvalue weighted by molar-refractivity contribution is -0.136. The second-order valence-electron chi connectivity index (χ2n) is 5.27. The van der Waals surface area contributed by atoms with Crippen molar-refractivity contribution in [3.8, 4) is 11.5 Å². The second kappa shape index (κ2) is 7.39. The molecule has 0 aliphatic rings. The van der Waals surface area contributed by atoms with Crippen molar-refractivity contribution in [3.63, 3.8) is 0 Å². The third kappa shape index (κ3) is 3.53. The molecule has 3 rings (SSSR count). The maximum Gasteiger partial charge on any atom is 0.317 e. The fourth-order valence-electron chi connectivity index (χ4n) is 2.26. The molecule has 24 heavy (non-hydrogen) atoms. The van der Waals surface area contributed by atoms with Crippen molar-refractivity contribution in [2.45, 2.75) is 36.5 Å². The Hall–Kier alpha value is -2.48. The summed E-state index contributed by atoms with van der Waals surface area (Å²) in [6.45, 7) is 2.05. The van der Waals surface area contributed by atoms with E-state index in [1.165, 1.54) is 11.8 Å². The van der Waals surface area contributed by atoms with Crippen molar-refractivity contribution >= 4 is 23.4 Å². The first-order chi connectivity index (χ1) is 11.7. The van der Waals surface area contributed by atoms with E-state index in [0.29, 0.717) is 28.6 Å². The summed E-state index contributed by atoms with van der Waals surface area (Å²) in [6.07, 6.45) is 4.13.